The van der Waals surface area contributed by atoms with Gasteiger partial charge in [0, 0.05) is 30.7 Å². The zero-order valence-electron chi connectivity index (χ0n) is 13.7. The van der Waals surface area contributed by atoms with Crippen molar-refractivity contribution in [3.05, 3.63) is 77.7 Å². The molecule has 25 heavy (non-hydrogen) atoms. The quantitative estimate of drug-likeness (QED) is 0.725. The van der Waals surface area contributed by atoms with Crippen molar-refractivity contribution in [2.45, 2.75) is 12.3 Å². The first-order chi connectivity index (χ1) is 12.2. The molecule has 1 unspecified atom stereocenters. The lowest BCUT2D eigenvalue weighted by atomic mass is 9.96. The molecular weight excluding hydrogens is 319 g/mol. The van der Waals surface area contributed by atoms with Crippen LogP contribution in [-0.4, -0.2) is 29.1 Å². The van der Waals surface area contributed by atoms with E-state index in [0.717, 1.165) is 5.56 Å². The topological polar surface area (TPSA) is 62.2 Å². The molecule has 0 spiro atoms. The highest BCUT2D eigenvalue weighted by molar-refractivity contribution is 5.97. The number of hydrogen-bond donors (Lipinski definition) is 2. The number of nitrogens with zero attached hydrogens (tertiary/aromatic N) is 1. The zero-order chi connectivity index (χ0) is 17.6. The van der Waals surface area contributed by atoms with E-state index in [2.05, 4.69) is 10.3 Å². The molecule has 0 bridgehead atoms. The maximum absolute atomic E-state index is 13.3. The van der Waals surface area contributed by atoms with Gasteiger partial charge in [0.15, 0.2) is 0 Å². The van der Waals surface area contributed by atoms with E-state index in [0.29, 0.717) is 29.4 Å². The molecule has 3 aromatic rings. The van der Waals surface area contributed by atoms with Gasteiger partial charge in [-0.15, -0.1) is 0 Å². The number of halogens is 1. The number of benzene rings is 2. The Bertz CT molecular complexity index is 868. The number of aliphatic hydroxyl groups excluding tert-OH is 1. The van der Waals surface area contributed by atoms with Crippen LogP contribution in [0.15, 0.2) is 60.8 Å². The molecule has 4 nitrogen and oxygen atoms in total. The molecule has 1 heterocycles. The van der Waals surface area contributed by atoms with Crippen LogP contribution in [0.1, 0.15) is 28.3 Å². The first-order valence-corrected chi connectivity index (χ1v) is 8.16. The van der Waals surface area contributed by atoms with Gasteiger partial charge >= 0.3 is 0 Å². The van der Waals surface area contributed by atoms with Crippen molar-refractivity contribution in [3.63, 3.8) is 0 Å². The SMILES string of the molecule is O=C(NCC(CCO)c1ccccc1)c1cnc2ccc(F)cc2c1. The van der Waals surface area contributed by atoms with Crippen LogP contribution >= 0.6 is 0 Å². The minimum atomic E-state index is -0.362. The smallest absolute Gasteiger partial charge is 0.252 e. The number of carbonyl (C=O) groups is 1. The first-order valence-electron chi connectivity index (χ1n) is 8.16. The van der Waals surface area contributed by atoms with E-state index in [9.17, 15) is 14.3 Å². The molecule has 0 saturated carbocycles. The summed E-state index contributed by atoms with van der Waals surface area (Å²) < 4.78 is 13.3. The molecule has 2 N–H and O–H groups in total. The Hall–Kier alpha value is -2.79. The molecule has 5 heteroatoms. The summed E-state index contributed by atoms with van der Waals surface area (Å²) in [5.41, 5.74) is 2.09. The lowest BCUT2D eigenvalue weighted by Gasteiger charge is -2.17. The summed E-state index contributed by atoms with van der Waals surface area (Å²) in [4.78, 5) is 16.6. The number of hydrogen-bond acceptors (Lipinski definition) is 3. The van der Waals surface area contributed by atoms with E-state index in [1.807, 2.05) is 30.3 Å². The van der Waals surface area contributed by atoms with Crippen molar-refractivity contribution in [1.82, 2.24) is 10.3 Å². The van der Waals surface area contributed by atoms with Crippen LogP contribution in [0.5, 0.6) is 0 Å². The van der Waals surface area contributed by atoms with Gasteiger partial charge in [0.1, 0.15) is 5.82 Å². The summed E-state index contributed by atoms with van der Waals surface area (Å²) in [7, 11) is 0. The number of aliphatic hydroxyl groups is 1. The van der Waals surface area contributed by atoms with E-state index in [1.54, 1.807) is 12.1 Å². The molecule has 0 aliphatic carbocycles. The average molecular weight is 338 g/mol. The molecule has 2 aromatic carbocycles. The predicted octanol–water partition coefficient (Wildman–Crippen LogP) is 3.27. The van der Waals surface area contributed by atoms with E-state index < -0.39 is 0 Å². The van der Waals surface area contributed by atoms with Crippen molar-refractivity contribution in [3.8, 4) is 0 Å². The van der Waals surface area contributed by atoms with Crippen LogP contribution in [0, 0.1) is 5.82 Å². The highest BCUT2D eigenvalue weighted by atomic mass is 19.1. The fraction of sp³-hybridized carbons (Fsp3) is 0.200. The minimum Gasteiger partial charge on any atom is -0.396 e. The van der Waals surface area contributed by atoms with Crippen LogP contribution in [-0.2, 0) is 0 Å². The monoisotopic (exact) mass is 338 g/mol. The Morgan fingerprint density at radius 2 is 1.96 bits per heavy atom. The van der Waals surface area contributed by atoms with Crippen molar-refractivity contribution in [2.75, 3.05) is 13.2 Å². The molecule has 1 atom stereocenters. The summed E-state index contributed by atoms with van der Waals surface area (Å²) in [6.45, 7) is 0.455. The number of carbonyl (C=O) groups excluding carboxylic acids is 1. The van der Waals surface area contributed by atoms with E-state index in [4.69, 9.17) is 0 Å². The highest BCUT2D eigenvalue weighted by Crippen LogP contribution is 2.19. The van der Waals surface area contributed by atoms with Gasteiger partial charge in [-0.1, -0.05) is 30.3 Å². The Morgan fingerprint density at radius 1 is 1.16 bits per heavy atom. The minimum absolute atomic E-state index is 0.0287. The van der Waals surface area contributed by atoms with Crippen LogP contribution < -0.4 is 5.32 Å². The zero-order valence-corrected chi connectivity index (χ0v) is 13.7. The molecule has 3 rings (SSSR count). The number of fused-ring (bicyclic) bond motifs is 1. The van der Waals surface area contributed by atoms with Gasteiger partial charge in [-0.25, -0.2) is 4.39 Å². The molecular formula is C20H19FN2O2. The molecule has 0 aliphatic rings. The summed E-state index contributed by atoms with van der Waals surface area (Å²) >= 11 is 0. The lowest BCUT2D eigenvalue weighted by Crippen LogP contribution is -2.29. The summed E-state index contributed by atoms with van der Waals surface area (Å²) in [6.07, 6.45) is 2.05. The van der Waals surface area contributed by atoms with Crippen molar-refractivity contribution >= 4 is 16.8 Å². The van der Waals surface area contributed by atoms with E-state index in [-0.39, 0.29) is 24.2 Å². The normalized spacial score (nSPS) is 12.1. The van der Waals surface area contributed by atoms with Gasteiger partial charge in [0.25, 0.3) is 5.91 Å². The Balaban J connectivity index is 1.72. The Morgan fingerprint density at radius 3 is 2.72 bits per heavy atom. The largest absolute Gasteiger partial charge is 0.396 e. The van der Waals surface area contributed by atoms with Crippen molar-refractivity contribution < 1.29 is 14.3 Å². The predicted molar refractivity (Wildman–Crippen MR) is 94.9 cm³/mol. The van der Waals surface area contributed by atoms with Gasteiger partial charge < -0.3 is 10.4 Å². The molecule has 0 aliphatic heterocycles. The van der Waals surface area contributed by atoms with E-state index >= 15 is 0 Å². The van der Waals surface area contributed by atoms with Crippen LogP contribution in [0.4, 0.5) is 4.39 Å². The summed E-state index contributed by atoms with van der Waals surface area (Å²) in [5.74, 6) is -0.600. The maximum Gasteiger partial charge on any atom is 0.252 e. The number of nitrogens with one attached hydrogen (secondary N) is 1. The number of amides is 1. The van der Waals surface area contributed by atoms with Gasteiger partial charge in [-0.2, -0.15) is 0 Å². The van der Waals surface area contributed by atoms with Gasteiger partial charge in [-0.05, 0) is 36.2 Å². The number of rotatable bonds is 6. The second-order valence-corrected chi connectivity index (χ2v) is 5.89. The van der Waals surface area contributed by atoms with Crippen LogP contribution in [0.25, 0.3) is 10.9 Å². The molecule has 1 amide bonds. The first kappa shape index (κ1) is 17.0. The third-order valence-electron chi connectivity index (χ3n) is 4.16. The van der Waals surface area contributed by atoms with E-state index in [1.165, 1.54) is 18.3 Å². The average Bonchev–Trinajstić information content (AvgIpc) is 2.65. The lowest BCUT2D eigenvalue weighted by molar-refractivity contribution is 0.0949. The fourth-order valence-corrected chi connectivity index (χ4v) is 2.81. The maximum atomic E-state index is 13.3. The molecule has 128 valence electrons. The van der Waals surface area contributed by atoms with Gasteiger partial charge in [0.2, 0.25) is 0 Å². The summed E-state index contributed by atoms with van der Waals surface area (Å²) in [5, 5.41) is 12.7. The highest BCUT2D eigenvalue weighted by Gasteiger charge is 2.14. The third kappa shape index (κ3) is 4.19. The second-order valence-electron chi connectivity index (χ2n) is 5.89. The van der Waals surface area contributed by atoms with Crippen molar-refractivity contribution in [1.29, 1.82) is 0 Å². The van der Waals surface area contributed by atoms with Crippen LogP contribution in [0.2, 0.25) is 0 Å². The Labute approximate surface area is 145 Å². The van der Waals surface area contributed by atoms with Crippen molar-refractivity contribution in [2.24, 2.45) is 0 Å². The standard InChI is InChI=1S/C20H19FN2O2/c21-18-6-7-19-16(11-18)10-17(13-22-19)20(25)23-12-15(8-9-24)14-4-2-1-3-5-14/h1-7,10-11,13,15,24H,8-9,12H2,(H,23,25). The Kier molecular flexibility index (Phi) is 5.36. The third-order valence-corrected chi connectivity index (χ3v) is 4.16. The van der Waals surface area contributed by atoms with Crippen LogP contribution in [0.3, 0.4) is 0 Å². The molecule has 1 aromatic heterocycles. The summed E-state index contributed by atoms with van der Waals surface area (Å²) in [6, 6.07) is 15.7. The molecule has 0 radical (unpaired) electrons. The van der Waals surface area contributed by atoms with Gasteiger partial charge in [0.05, 0.1) is 11.1 Å². The molecule has 0 saturated heterocycles. The second kappa shape index (κ2) is 7.85. The van der Waals surface area contributed by atoms with Gasteiger partial charge in [-0.3, -0.25) is 9.78 Å². The fourth-order valence-electron chi connectivity index (χ4n) is 2.81. The number of pyridine rings is 1. The number of aromatic nitrogens is 1. The molecule has 0 fully saturated rings.